The second kappa shape index (κ2) is 110. The van der Waals surface area contributed by atoms with Crippen LogP contribution < -0.4 is 80.9 Å². The van der Waals surface area contributed by atoms with E-state index in [2.05, 4.69) is 34.6 Å². The number of carboxylic acid groups (broad SMARTS) is 1. The van der Waals surface area contributed by atoms with Gasteiger partial charge in [0.25, 0.3) is 0 Å². The van der Waals surface area contributed by atoms with E-state index in [4.69, 9.17) is 14.6 Å². The SMILES string of the molecule is CCCCCCCCCCCCCCCCCC(=O)O.CCCCCCCCCCCCCCCCCC(=O)OC(=O)CCCCCCCCCCCCCCCCC.CCCCCCCCCCCCCCCCCC(=O)OC(=O)CCCCCCCCCCCCCCCCC.[Ca+2].[K+].[Mg+2].[Na+]. The fourth-order valence-corrected chi connectivity index (χ4v) is 13.7. The van der Waals surface area contributed by atoms with Gasteiger partial charge >= 0.3 is 172 Å². The molecule has 0 aromatic heterocycles. The van der Waals surface area contributed by atoms with Crippen LogP contribution in [0, 0.1) is 0 Å². The van der Waals surface area contributed by atoms with Crippen molar-refractivity contribution in [2.45, 2.75) is 548 Å². The molecule has 0 aliphatic carbocycles. The monoisotopic (exact) mass is 1510 g/mol. The smallest absolute Gasteiger partial charge is 0.481 e. The summed E-state index contributed by atoms with van der Waals surface area (Å²) in [7, 11) is 0. The maximum atomic E-state index is 11.9. The Balaban J connectivity index is -0.000000273. The summed E-state index contributed by atoms with van der Waals surface area (Å²) in [5, 5.41) is 8.52. The molecule has 0 aliphatic rings. The van der Waals surface area contributed by atoms with Crippen LogP contribution >= 0.6 is 0 Å². The maximum absolute atomic E-state index is 11.9. The van der Waals surface area contributed by atoms with E-state index in [1.165, 1.54) is 417 Å². The predicted molar refractivity (Wildman–Crippen MR) is 439 cm³/mol. The van der Waals surface area contributed by atoms with Crippen LogP contribution in [-0.4, -0.2) is 95.7 Å². The summed E-state index contributed by atoms with van der Waals surface area (Å²) in [6.07, 6.45) is 100. The normalized spacial score (nSPS) is 10.7. The number of ether oxygens (including phenoxy) is 2. The molecule has 0 saturated heterocycles. The van der Waals surface area contributed by atoms with E-state index in [0.29, 0.717) is 32.1 Å². The van der Waals surface area contributed by atoms with Crippen LogP contribution in [0.4, 0.5) is 0 Å². The molecule has 0 aliphatic heterocycles. The van der Waals surface area contributed by atoms with Gasteiger partial charge in [-0.2, -0.15) is 0 Å². The number of carboxylic acids is 1. The van der Waals surface area contributed by atoms with Gasteiger partial charge in [0.05, 0.1) is 0 Å². The molecular weight excluding hydrogens is 1340 g/mol. The summed E-state index contributed by atoms with van der Waals surface area (Å²) in [5.74, 6) is -1.95. The minimum absolute atomic E-state index is 0. The Bertz CT molecular complexity index is 1400. The topological polar surface area (TPSA) is 124 Å². The third-order valence-electron chi connectivity index (χ3n) is 20.4. The van der Waals surface area contributed by atoms with E-state index in [1.807, 2.05) is 0 Å². The Hall–Kier alpha value is 2.41. The van der Waals surface area contributed by atoms with Gasteiger partial charge in [0, 0.05) is 32.1 Å². The van der Waals surface area contributed by atoms with Gasteiger partial charge in [0.1, 0.15) is 0 Å². The van der Waals surface area contributed by atoms with Gasteiger partial charge in [-0.25, -0.2) is 0 Å². The van der Waals surface area contributed by atoms with Crippen LogP contribution in [0.5, 0.6) is 0 Å². The average molecular weight is 1510 g/mol. The van der Waals surface area contributed by atoms with E-state index in [0.717, 1.165) is 64.2 Å². The first-order valence-corrected chi connectivity index (χ1v) is 44.9. The van der Waals surface area contributed by atoms with Gasteiger partial charge < -0.3 is 14.6 Å². The zero-order chi connectivity index (χ0) is 71.9. The molecule has 0 amide bonds. The van der Waals surface area contributed by atoms with Crippen molar-refractivity contribution in [3.05, 3.63) is 0 Å². The third-order valence-corrected chi connectivity index (χ3v) is 20.4. The van der Waals surface area contributed by atoms with Crippen molar-refractivity contribution in [2.75, 3.05) is 0 Å². The first-order valence-electron chi connectivity index (χ1n) is 44.9. The van der Waals surface area contributed by atoms with Crippen LogP contribution in [0.15, 0.2) is 0 Å². The van der Waals surface area contributed by atoms with Crippen LogP contribution in [0.1, 0.15) is 548 Å². The minimum atomic E-state index is -0.653. The van der Waals surface area contributed by atoms with Crippen LogP contribution in [-0.2, 0) is 33.4 Å². The Labute approximate surface area is 749 Å². The summed E-state index contributed by atoms with van der Waals surface area (Å²) in [4.78, 5) is 58.0. The zero-order valence-corrected chi connectivity index (χ0v) is 79.5. The largest absolute Gasteiger partial charge is 2.00 e. The second-order valence-corrected chi connectivity index (χ2v) is 30.6. The van der Waals surface area contributed by atoms with E-state index < -0.39 is 5.97 Å². The molecule has 584 valence electrons. The van der Waals surface area contributed by atoms with E-state index in [9.17, 15) is 24.0 Å². The van der Waals surface area contributed by atoms with Gasteiger partial charge in [-0.1, -0.05) is 484 Å². The number of hydrogen-bond acceptors (Lipinski definition) is 7. The summed E-state index contributed by atoms with van der Waals surface area (Å²) >= 11 is 0. The minimum Gasteiger partial charge on any atom is -0.481 e. The summed E-state index contributed by atoms with van der Waals surface area (Å²) in [5.41, 5.74) is 0. The summed E-state index contributed by atoms with van der Waals surface area (Å²) in [6.45, 7) is 11.4. The van der Waals surface area contributed by atoms with Crippen molar-refractivity contribution in [3.63, 3.8) is 0 Å². The van der Waals surface area contributed by atoms with Gasteiger partial charge in [-0.05, 0) is 32.1 Å². The Morgan fingerprint density at radius 1 is 0.186 bits per heavy atom. The van der Waals surface area contributed by atoms with Crippen molar-refractivity contribution < 1.29 is 119 Å². The molecule has 0 unspecified atom stereocenters. The van der Waals surface area contributed by atoms with E-state index >= 15 is 0 Å². The number of hydrogen-bond donors (Lipinski definition) is 1. The summed E-state index contributed by atoms with van der Waals surface area (Å²) < 4.78 is 10.0. The number of carbonyl (C=O) groups is 5. The fourth-order valence-electron chi connectivity index (χ4n) is 13.7. The molecule has 0 fully saturated rings. The molecule has 0 heterocycles. The molecule has 0 rings (SSSR count). The molecule has 0 saturated carbocycles. The molecule has 1 N–H and O–H groups in total. The quantitative estimate of drug-likeness (QED) is 0.0276. The van der Waals surface area contributed by atoms with Crippen LogP contribution in [0.2, 0.25) is 0 Å². The molecule has 0 aromatic rings. The third kappa shape index (κ3) is 116. The predicted octanol–water partition coefficient (Wildman–Crippen LogP) is 24.7. The van der Waals surface area contributed by atoms with Gasteiger partial charge in [-0.15, -0.1) is 0 Å². The van der Waals surface area contributed by atoms with Crippen molar-refractivity contribution in [1.82, 2.24) is 0 Å². The van der Waals surface area contributed by atoms with Crippen LogP contribution in [0.25, 0.3) is 0 Å². The Morgan fingerprint density at radius 2 is 0.275 bits per heavy atom. The van der Waals surface area contributed by atoms with Crippen molar-refractivity contribution in [1.29, 1.82) is 0 Å². The van der Waals surface area contributed by atoms with Crippen molar-refractivity contribution in [3.8, 4) is 0 Å². The van der Waals surface area contributed by atoms with Crippen molar-refractivity contribution in [2.24, 2.45) is 0 Å². The molecule has 102 heavy (non-hydrogen) atoms. The average Bonchev–Trinajstić information content (AvgIpc) is 1.94. The molecular formula is C90H176CaKMgNaO8+6. The fraction of sp³-hybridized carbons (Fsp3) is 0.944. The van der Waals surface area contributed by atoms with Gasteiger partial charge in [-0.3, -0.25) is 24.0 Å². The number of aliphatic carboxylic acids is 1. The van der Waals surface area contributed by atoms with Crippen molar-refractivity contribution >= 4 is 90.6 Å². The Kier molecular flexibility index (Phi) is 127. The Morgan fingerprint density at radius 3 is 0.373 bits per heavy atom. The summed E-state index contributed by atoms with van der Waals surface area (Å²) in [6, 6.07) is 0. The maximum Gasteiger partial charge on any atom is 2.00 e. The standard InChI is InChI=1S/2C36H70O3.C18H36O2.Ca.K.Mg.Na/c2*1-3-5-7-9-11-13-15-17-19-21-23-25-27-29-31-33-35(37)39-36(38)34-32-30-28-26-24-22-20-18-16-14-12-10-8-6-4-2;1-2-3-4-5-6-7-8-9-10-11-12-13-14-15-16-17-18(19)20;;;;/h2*3-34H2,1-2H3;2-17H2,1H3,(H,19,20);;;;/q;;;+2;+1;+2;+1. The molecule has 0 radical (unpaired) electrons. The second-order valence-electron chi connectivity index (χ2n) is 30.6. The number of carbonyl (C=O) groups excluding carboxylic acids is 4. The molecule has 12 heteroatoms. The van der Waals surface area contributed by atoms with Gasteiger partial charge in [0.15, 0.2) is 0 Å². The van der Waals surface area contributed by atoms with Gasteiger partial charge in [0.2, 0.25) is 0 Å². The molecule has 0 aromatic carbocycles. The number of unbranched alkanes of at least 4 members (excludes halogenated alkanes) is 70. The van der Waals surface area contributed by atoms with Crippen LogP contribution in [0.3, 0.4) is 0 Å². The number of esters is 4. The molecule has 0 bridgehead atoms. The molecule has 0 spiro atoms. The first kappa shape index (κ1) is 118. The molecule has 8 nitrogen and oxygen atoms in total. The van der Waals surface area contributed by atoms with E-state index in [1.54, 1.807) is 0 Å². The molecule has 0 atom stereocenters. The first-order chi connectivity index (χ1) is 48.2. The number of rotatable bonds is 80. The van der Waals surface area contributed by atoms with E-state index in [-0.39, 0.29) is 166 Å². The zero-order valence-electron chi connectivity index (χ0n) is 70.8.